The van der Waals surface area contributed by atoms with E-state index in [1.165, 1.54) is 12.1 Å². The van der Waals surface area contributed by atoms with Crippen LogP contribution in [0.25, 0.3) is 0 Å². The van der Waals surface area contributed by atoms with E-state index in [-0.39, 0.29) is 15.1 Å². The highest BCUT2D eigenvalue weighted by atomic mass is 79.9. The Morgan fingerprint density at radius 2 is 1.91 bits per heavy atom. The van der Waals surface area contributed by atoms with Gasteiger partial charge in [-0.1, -0.05) is 17.7 Å². The first-order valence-corrected chi connectivity index (χ1v) is 8.54. The number of amides is 1. The molecule has 3 N–H and O–H groups in total. The summed E-state index contributed by atoms with van der Waals surface area (Å²) in [6, 6.07) is 5.19. The second-order valence-corrected chi connectivity index (χ2v) is 7.25. The lowest BCUT2D eigenvalue weighted by Crippen LogP contribution is -2.18. The highest BCUT2D eigenvalue weighted by molar-refractivity contribution is 9.10. The number of halogens is 4. The predicted molar refractivity (Wildman–Crippen MR) is 84.8 cm³/mol. The molecule has 0 atom stereocenters. The number of rotatable bonds is 4. The number of primary amides is 1. The third-order valence-corrected chi connectivity index (χ3v) is 5.10. The summed E-state index contributed by atoms with van der Waals surface area (Å²) in [7, 11) is -4.51. The van der Waals surface area contributed by atoms with Crippen molar-refractivity contribution < 1.29 is 22.0 Å². The van der Waals surface area contributed by atoms with E-state index in [1.807, 2.05) is 4.72 Å². The summed E-state index contributed by atoms with van der Waals surface area (Å²) in [5.41, 5.74) is 4.39. The number of anilines is 1. The zero-order valence-electron chi connectivity index (χ0n) is 11.1. The summed E-state index contributed by atoms with van der Waals surface area (Å²) >= 11 is 8.46. The molecule has 0 saturated heterocycles. The third kappa shape index (κ3) is 3.62. The van der Waals surface area contributed by atoms with Crippen LogP contribution in [-0.4, -0.2) is 14.3 Å². The Hall–Kier alpha value is -1.71. The molecule has 10 heteroatoms. The van der Waals surface area contributed by atoms with Gasteiger partial charge in [0.25, 0.3) is 10.0 Å². The van der Waals surface area contributed by atoms with Gasteiger partial charge in [0.1, 0.15) is 10.7 Å². The van der Waals surface area contributed by atoms with E-state index in [1.54, 1.807) is 0 Å². The Bertz CT molecular complexity index is 906. The first-order valence-electron chi connectivity index (χ1n) is 5.89. The number of nitrogens with one attached hydrogen (secondary N) is 1. The predicted octanol–water partition coefficient (Wildman–Crippen LogP) is 3.28. The van der Waals surface area contributed by atoms with E-state index in [0.717, 1.165) is 18.2 Å². The van der Waals surface area contributed by atoms with Crippen LogP contribution in [0.15, 0.2) is 39.7 Å². The van der Waals surface area contributed by atoms with Crippen LogP contribution in [0.1, 0.15) is 10.4 Å². The summed E-state index contributed by atoms with van der Waals surface area (Å²) < 4.78 is 54.1. The Balaban J connectivity index is 2.54. The normalized spacial score (nSPS) is 11.3. The quantitative estimate of drug-likeness (QED) is 0.788. The van der Waals surface area contributed by atoms with Crippen LogP contribution in [0.4, 0.5) is 14.5 Å². The maximum Gasteiger partial charge on any atom is 0.264 e. The number of nitrogens with two attached hydrogens (primary N) is 1. The van der Waals surface area contributed by atoms with Crippen LogP contribution in [0.5, 0.6) is 0 Å². The van der Waals surface area contributed by atoms with Gasteiger partial charge in [0, 0.05) is 4.47 Å². The van der Waals surface area contributed by atoms with Gasteiger partial charge in [0.05, 0.1) is 16.3 Å². The fraction of sp³-hybridized carbons (Fsp3) is 0. The molecule has 5 nitrogen and oxygen atoms in total. The molecule has 0 aromatic heterocycles. The molecule has 0 aliphatic heterocycles. The molecule has 2 aromatic carbocycles. The van der Waals surface area contributed by atoms with Crippen molar-refractivity contribution in [2.45, 2.75) is 4.90 Å². The second-order valence-electron chi connectivity index (χ2n) is 4.33. The minimum atomic E-state index is -4.51. The summed E-state index contributed by atoms with van der Waals surface area (Å²) in [5.74, 6) is -3.11. The van der Waals surface area contributed by atoms with E-state index in [2.05, 4.69) is 15.9 Å². The molecule has 2 aromatic rings. The largest absolute Gasteiger partial charge is 0.366 e. The Morgan fingerprint density at radius 3 is 2.52 bits per heavy atom. The van der Waals surface area contributed by atoms with Gasteiger partial charge in [-0.05, 0) is 40.2 Å². The molecule has 0 fully saturated rings. The lowest BCUT2D eigenvalue weighted by Gasteiger charge is -2.11. The van der Waals surface area contributed by atoms with Crippen LogP contribution < -0.4 is 10.5 Å². The first kappa shape index (κ1) is 17.6. The Kier molecular flexibility index (Phi) is 4.92. The number of carbonyl (C=O) groups is 1. The average Bonchev–Trinajstić information content (AvgIpc) is 2.43. The molecule has 0 aliphatic carbocycles. The molecular weight excluding hydrogens is 418 g/mol. The van der Waals surface area contributed by atoms with Gasteiger partial charge < -0.3 is 5.73 Å². The monoisotopic (exact) mass is 424 g/mol. The molecule has 0 heterocycles. The van der Waals surface area contributed by atoms with Gasteiger partial charge >= 0.3 is 0 Å². The topological polar surface area (TPSA) is 89.3 Å². The zero-order valence-corrected chi connectivity index (χ0v) is 14.3. The molecule has 1 amide bonds. The van der Waals surface area contributed by atoms with E-state index in [9.17, 15) is 22.0 Å². The molecule has 2 rings (SSSR count). The van der Waals surface area contributed by atoms with E-state index >= 15 is 0 Å². The zero-order chi connectivity index (χ0) is 17.4. The van der Waals surface area contributed by atoms with Crippen molar-refractivity contribution in [2.24, 2.45) is 5.73 Å². The summed E-state index contributed by atoms with van der Waals surface area (Å²) in [5, 5.41) is -0.306. The maximum atomic E-state index is 14.0. The minimum absolute atomic E-state index is 0.00427. The van der Waals surface area contributed by atoms with Crippen molar-refractivity contribution in [2.75, 3.05) is 4.72 Å². The number of carbonyl (C=O) groups excluding carboxylic acids is 1. The summed E-state index contributed by atoms with van der Waals surface area (Å²) in [6.07, 6.45) is 0. The Labute approximate surface area is 143 Å². The van der Waals surface area contributed by atoms with Crippen molar-refractivity contribution in [3.05, 3.63) is 57.0 Å². The average molecular weight is 426 g/mol. The molecule has 0 unspecified atom stereocenters. The van der Waals surface area contributed by atoms with Gasteiger partial charge in [-0.3, -0.25) is 9.52 Å². The summed E-state index contributed by atoms with van der Waals surface area (Å²) in [4.78, 5) is 10.4. The third-order valence-electron chi connectivity index (χ3n) is 2.77. The number of benzene rings is 2. The molecule has 0 bridgehead atoms. The van der Waals surface area contributed by atoms with E-state index < -0.39 is 38.1 Å². The molecule has 0 radical (unpaired) electrons. The number of hydrogen-bond acceptors (Lipinski definition) is 3. The molecule has 0 aliphatic rings. The van der Waals surface area contributed by atoms with Crippen molar-refractivity contribution in [1.82, 2.24) is 0 Å². The first-order chi connectivity index (χ1) is 10.6. The molecule has 0 spiro atoms. The lowest BCUT2D eigenvalue weighted by molar-refractivity contribution is 0.0999. The van der Waals surface area contributed by atoms with Crippen LogP contribution in [0.3, 0.4) is 0 Å². The van der Waals surface area contributed by atoms with Crippen molar-refractivity contribution in [3.8, 4) is 0 Å². The van der Waals surface area contributed by atoms with E-state index in [0.29, 0.717) is 0 Å². The van der Waals surface area contributed by atoms with Gasteiger partial charge in [-0.25, -0.2) is 17.2 Å². The van der Waals surface area contributed by atoms with Gasteiger partial charge in [-0.15, -0.1) is 0 Å². The summed E-state index contributed by atoms with van der Waals surface area (Å²) in [6.45, 7) is 0. The smallest absolute Gasteiger partial charge is 0.264 e. The number of hydrogen-bond donors (Lipinski definition) is 2. The lowest BCUT2D eigenvalue weighted by atomic mass is 10.2. The van der Waals surface area contributed by atoms with Gasteiger partial charge in [0.15, 0.2) is 5.82 Å². The minimum Gasteiger partial charge on any atom is -0.366 e. The van der Waals surface area contributed by atoms with Crippen molar-refractivity contribution >= 4 is 49.1 Å². The van der Waals surface area contributed by atoms with Crippen LogP contribution in [-0.2, 0) is 10.0 Å². The molecule has 122 valence electrons. The SMILES string of the molecule is NC(=O)c1cc(S(=O)(=O)Nc2cccc(Cl)c2F)c(F)cc1Br. The fourth-order valence-electron chi connectivity index (χ4n) is 1.71. The van der Waals surface area contributed by atoms with Gasteiger partial charge in [-0.2, -0.15) is 0 Å². The highest BCUT2D eigenvalue weighted by Crippen LogP contribution is 2.28. The second kappa shape index (κ2) is 6.42. The molecule has 0 saturated carbocycles. The standard InChI is InChI=1S/C13H8BrClF2N2O3S/c14-7-5-9(16)11(4-6(7)13(18)20)23(21,22)19-10-3-1-2-8(15)12(10)17/h1-5,19H,(H2,18,20). The Morgan fingerprint density at radius 1 is 1.26 bits per heavy atom. The van der Waals surface area contributed by atoms with Crippen molar-refractivity contribution in [3.63, 3.8) is 0 Å². The maximum absolute atomic E-state index is 14.0. The van der Waals surface area contributed by atoms with Gasteiger partial charge in [0.2, 0.25) is 5.91 Å². The van der Waals surface area contributed by atoms with Crippen LogP contribution in [0.2, 0.25) is 5.02 Å². The number of sulfonamides is 1. The van der Waals surface area contributed by atoms with Crippen molar-refractivity contribution in [1.29, 1.82) is 0 Å². The highest BCUT2D eigenvalue weighted by Gasteiger charge is 2.24. The fourth-order valence-corrected chi connectivity index (χ4v) is 3.54. The van der Waals surface area contributed by atoms with Crippen LogP contribution in [0, 0.1) is 11.6 Å². The molecule has 23 heavy (non-hydrogen) atoms. The molecular formula is C13H8BrClF2N2O3S. The van der Waals surface area contributed by atoms with Crippen LogP contribution >= 0.6 is 27.5 Å². The van der Waals surface area contributed by atoms with E-state index in [4.69, 9.17) is 17.3 Å².